The molecule has 8 rings (SSSR count). The van der Waals surface area contributed by atoms with Crippen molar-refractivity contribution in [1.82, 2.24) is 24.1 Å². The second-order valence-corrected chi connectivity index (χ2v) is 18.9. The predicted octanol–water partition coefficient (Wildman–Crippen LogP) is 2.37. The number of aromatic nitrogens is 6. The number of aliphatic hydroxyl groups excluding tert-OH is 1. The molecule has 0 spiro atoms. The van der Waals surface area contributed by atoms with E-state index in [1.165, 1.54) is 38.9 Å². The highest BCUT2D eigenvalue weighted by molar-refractivity contribution is 5.88. The molecule has 1 unspecified atom stereocenters. The van der Waals surface area contributed by atoms with Gasteiger partial charge in [0.1, 0.15) is 48.5 Å². The molecular weight excluding hydrogens is 992 g/mol. The highest BCUT2D eigenvalue weighted by Crippen LogP contribution is 2.42. The first-order valence-electron chi connectivity index (χ1n) is 25.0. The normalized spacial score (nSPS) is 18.2. The molecule has 0 bridgehead atoms. The van der Waals surface area contributed by atoms with E-state index in [2.05, 4.69) is 20.0 Å². The van der Waals surface area contributed by atoms with Gasteiger partial charge in [-0.3, -0.25) is 9.69 Å². The average molecular weight is 1060 g/mol. The van der Waals surface area contributed by atoms with Crippen molar-refractivity contribution in [1.29, 1.82) is 0 Å². The Labute approximate surface area is 440 Å². The van der Waals surface area contributed by atoms with E-state index in [-0.39, 0.29) is 55.9 Å². The highest BCUT2D eigenvalue weighted by atomic mass is 35.5. The van der Waals surface area contributed by atoms with E-state index in [1.54, 1.807) is 60.7 Å². The molecule has 6 aromatic rings. The Morgan fingerprint density at radius 1 is 0.960 bits per heavy atom. The van der Waals surface area contributed by atoms with E-state index >= 15 is 4.39 Å². The number of amides is 1. The zero-order valence-electron chi connectivity index (χ0n) is 42.6. The Bertz CT molecular complexity index is 2900. The lowest BCUT2D eigenvalue weighted by atomic mass is 9.87. The first-order chi connectivity index (χ1) is 35.7. The molecular formula is C53H66ClF2N11O8. The number of nitrogens with zero attached hydrogens (tertiary/aromatic N) is 9. The third-order valence-corrected chi connectivity index (χ3v) is 13.8. The maximum atomic E-state index is 15.6. The second-order valence-electron chi connectivity index (χ2n) is 18.9. The number of rotatable bonds is 21. The number of halogens is 3. The minimum Gasteiger partial charge on any atom is -1.00 e. The van der Waals surface area contributed by atoms with E-state index < -0.39 is 53.7 Å². The van der Waals surface area contributed by atoms with Gasteiger partial charge >= 0.3 is 17.8 Å². The van der Waals surface area contributed by atoms with Crippen molar-refractivity contribution in [2.24, 2.45) is 17.4 Å². The van der Waals surface area contributed by atoms with Crippen LogP contribution in [0, 0.1) is 17.6 Å². The van der Waals surface area contributed by atoms with Gasteiger partial charge in [-0.15, -0.1) is 4.68 Å². The number of esters is 1. The lowest BCUT2D eigenvalue weighted by Crippen LogP contribution is -3.00. The zero-order valence-corrected chi connectivity index (χ0v) is 43.3. The summed E-state index contributed by atoms with van der Waals surface area (Å²) in [5, 5.41) is 18.9. The highest BCUT2D eigenvalue weighted by Gasteiger charge is 2.46. The SMILES string of the molecule is CC[C@@H]([C@H](C)O)n1ncn(-c2ccc(N3CCN(c4ccc(OC[C@@H]5CO[C@@](Cn6c[n+](C(C)OC(=O)N(C)c7ccccc7COC(=O)[C@@H](N)CCCN)cn6)(c6ccc(F)cc6F)C5)cc4)CC3)cc2)c1=O.[Cl-]. The molecule has 4 heterocycles. The number of ether oxygens (including phenoxy) is 4. The van der Waals surface area contributed by atoms with Crippen molar-refractivity contribution < 1.29 is 59.4 Å². The molecule has 2 aliphatic heterocycles. The average Bonchev–Trinajstić information content (AvgIpc) is 4.16. The van der Waals surface area contributed by atoms with Gasteiger partial charge in [0.2, 0.25) is 12.6 Å². The molecule has 2 aromatic heterocycles. The first kappa shape index (κ1) is 55.8. The third kappa shape index (κ3) is 13.1. The Balaban J connectivity index is 0.00000820. The van der Waals surface area contributed by atoms with Crippen LogP contribution in [0.25, 0.3) is 5.69 Å². The largest absolute Gasteiger partial charge is 1.00 e. The van der Waals surface area contributed by atoms with Crippen molar-refractivity contribution in [3.63, 3.8) is 0 Å². The molecule has 22 heteroatoms. The molecule has 75 heavy (non-hydrogen) atoms. The number of anilines is 3. The molecule has 1 amide bonds. The van der Waals surface area contributed by atoms with Crippen molar-refractivity contribution in [2.75, 3.05) is 67.7 Å². The summed E-state index contributed by atoms with van der Waals surface area (Å²) in [6, 6.07) is 25.0. The smallest absolute Gasteiger partial charge is 0.416 e. The predicted molar refractivity (Wildman–Crippen MR) is 272 cm³/mol. The number of benzene rings is 4. The van der Waals surface area contributed by atoms with Crippen LogP contribution in [0.15, 0.2) is 115 Å². The molecule has 0 radical (unpaired) electrons. The first-order valence-corrected chi connectivity index (χ1v) is 25.0. The standard InChI is InChI=1S/C53H66F2N11O8.ClH/c1-5-48(36(2)67)66-51(69)65(34-59-66)43-15-13-41(14-16-43)61-23-25-62(26-24-61)42-17-19-44(20-18-42)71-29-38-28-53(73-30-38,45-21-12-40(54)27-46(45)55)32-64-35-63(33-58-64)37(3)74-52(70)60(4)49-11-7-6-9-39(49)31-72-50(68)47(57)10-8-22-56;/h6-7,9,11-21,27,33-38,47-48,67H,5,8,10,22-26,28-32,56-57H2,1-4H3;1H/q+1;/p-1/t36-,37?,38+,47-,48-,53-;/m0./s1. The van der Waals surface area contributed by atoms with Crippen LogP contribution < -0.4 is 53.6 Å². The van der Waals surface area contributed by atoms with Crippen LogP contribution in [0.1, 0.15) is 69.9 Å². The van der Waals surface area contributed by atoms with Gasteiger partial charge in [0.15, 0.2) is 0 Å². The van der Waals surface area contributed by atoms with Crippen molar-refractivity contribution >= 4 is 29.1 Å². The third-order valence-electron chi connectivity index (χ3n) is 13.8. The number of carbonyl (C=O) groups excluding carboxylic acids is 2. The Morgan fingerprint density at radius 2 is 1.63 bits per heavy atom. The molecule has 2 fully saturated rings. The van der Waals surface area contributed by atoms with E-state index in [9.17, 15) is 23.9 Å². The Kier molecular flexibility index (Phi) is 18.7. The Hall–Kier alpha value is -6.91. The quantitative estimate of drug-likeness (QED) is 0.0698. The number of nitrogens with two attached hydrogens (primary N) is 2. The van der Waals surface area contributed by atoms with E-state index in [4.69, 9.17) is 30.4 Å². The summed E-state index contributed by atoms with van der Waals surface area (Å²) >= 11 is 0. The molecule has 2 aliphatic rings. The summed E-state index contributed by atoms with van der Waals surface area (Å²) in [4.78, 5) is 45.0. The summed E-state index contributed by atoms with van der Waals surface area (Å²) in [6.45, 7) is 9.35. The van der Waals surface area contributed by atoms with Crippen molar-refractivity contribution in [3.05, 3.63) is 143 Å². The van der Waals surface area contributed by atoms with Crippen LogP contribution in [-0.2, 0) is 37.8 Å². The lowest BCUT2D eigenvalue weighted by molar-refractivity contribution is -0.753. The lowest BCUT2D eigenvalue weighted by Gasteiger charge is -2.37. The van der Waals surface area contributed by atoms with Crippen LogP contribution >= 0.6 is 0 Å². The van der Waals surface area contributed by atoms with Gasteiger partial charge < -0.3 is 57.7 Å². The van der Waals surface area contributed by atoms with Gasteiger partial charge in [-0.25, -0.2) is 27.6 Å². The molecule has 6 atom stereocenters. The van der Waals surface area contributed by atoms with Crippen LogP contribution in [0.4, 0.5) is 30.6 Å². The molecule has 0 saturated carbocycles. The number of hydrogen-bond donors (Lipinski definition) is 3. The second kappa shape index (κ2) is 25.1. The van der Waals surface area contributed by atoms with Crippen LogP contribution in [0.5, 0.6) is 5.75 Å². The van der Waals surface area contributed by atoms with Crippen LogP contribution in [0.3, 0.4) is 0 Å². The van der Waals surface area contributed by atoms with Crippen LogP contribution in [0.2, 0.25) is 0 Å². The zero-order chi connectivity index (χ0) is 52.5. The summed E-state index contributed by atoms with van der Waals surface area (Å²) in [6.07, 6.45) is 4.31. The van der Waals surface area contributed by atoms with Crippen LogP contribution in [-0.4, -0.2) is 106 Å². The molecule has 5 N–H and O–H groups in total. The van der Waals surface area contributed by atoms with Gasteiger partial charge in [0.05, 0.1) is 36.7 Å². The molecule has 402 valence electrons. The monoisotopic (exact) mass is 1060 g/mol. The molecule has 19 nitrogen and oxygen atoms in total. The number of aliphatic hydroxyl groups is 1. The molecule has 4 aromatic carbocycles. The fraction of sp³-hybridized carbons (Fsp3) is 0.434. The maximum Gasteiger partial charge on any atom is 0.416 e. The van der Waals surface area contributed by atoms with Gasteiger partial charge in [0.25, 0.3) is 6.33 Å². The minimum atomic E-state index is -1.23. The summed E-state index contributed by atoms with van der Waals surface area (Å²) in [5.41, 5.74) is 14.0. The van der Waals surface area contributed by atoms with Gasteiger partial charge in [-0.1, -0.05) is 31.2 Å². The van der Waals surface area contributed by atoms with Gasteiger partial charge in [0, 0.05) is 79.7 Å². The summed E-state index contributed by atoms with van der Waals surface area (Å²) in [7, 11) is 1.55. The van der Waals surface area contributed by atoms with Gasteiger partial charge in [-0.05, 0) is 99.8 Å². The van der Waals surface area contributed by atoms with Gasteiger partial charge in [-0.2, -0.15) is 9.67 Å². The van der Waals surface area contributed by atoms with Crippen molar-refractivity contribution in [3.8, 4) is 11.4 Å². The minimum absolute atomic E-state index is 0. The maximum absolute atomic E-state index is 15.6. The molecule has 0 aliphatic carbocycles. The summed E-state index contributed by atoms with van der Waals surface area (Å²) < 4.78 is 59.8. The summed E-state index contributed by atoms with van der Waals surface area (Å²) in [5.74, 6) is -1.49. The number of para-hydroxylation sites is 1. The van der Waals surface area contributed by atoms with E-state index in [0.29, 0.717) is 54.9 Å². The van der Waals surface area contributed by atoms with E-state index in [1.807, 2.05) is 55.5 Å². The molecule has 2 saturated heterocycles. The van der Waals surface area contributed by atoms with Crippen molar-refractivity contribution in [2.45, 2.75) is 89.6 Å². The van der Waals surface area contributed by atoms with E-state index in [0.717, 1.165) is 43.6 Å². The Morgan fingerprint density at radius 3 is 2.28 bits per heavy atom. The number of carbonyl (C=O) groups is 2. The number of piperazine rings is 1. The number of hydrogen-bond acceptors (Lipinski definition) is 14. The fourth-order valence-corrected chi connectivity index (χ4v) is 9.59. The fourth-order valence-electron chi connectivity index (χ4n) is 9.59. The topological polar surface area (TPSA) is 215 Å².